The zero-order valence-electron chi connectivity index (χ0n) is 17.0. The van der Waals surface area contributed by atoms with Crippen molar-refractivity contribution < 1.29 is 19.4 Å². The summed E-state index contributed by atoms with van der Waals surface area (Å²) in [5.41, 5.74) is 1.37. The molecule has 2 rings (SSSR count). The van der Waals surface area contributed by atoms with E-state index in [2.05, 4.69) is 38.2 Å². The summed E-state index contributed by atoms with van der Waals surface area (Å²) in [6.07, 6.45) is 0.915. The molecule has 1 unspecified atom stereocenters. The van der Waals surface area contributed by atoms with Crippen molar-refractivity contribution in [1.29, 1.82) is 0 Å². The highest BCUT2D eigenvalue weighted by Crippen LogP contribution is 2.24. The zero-order chi connectivity index (χ0) is 19.9. The van der Waals surface area contributed by atoms with Crippen molar-refractivity contribution >= 4 is 6.09 Å². The van der Waals surface area contributed by atoms with E-state index < -0.39 is 6.10 Å². The summed E-state index contributed by atoms with van der Waals surface area (Å²) in [5.74, 6) is 0.768. The molecule has 6 heteroatoms. The Morgan fingerprint density at radius 3 is 2.44 bits per heavy atom. The summed E-state index contributed by atoms with van der Waals surface area (Å²) in [5, 5.41) is 13.5. The van der Waals surface area contributed by atoms with E-state index >= 15 is 0 Å². The highest BCUT2D eigenvalue weighted by Gasteiger charge is 2.23. The van der Waals surface area contributed by atoms with E-state index in [9.17, 15) is 9.90 Å². The molecular formula is C21H34N2O4. The molecule has 2 N–H and O–H groups in total. The van der Waals surface area contributed by atoms with E-state index in [1.54, 1.807) is 4.90 Å². The summed E-state index contributed by atoms with van der Waals surface area (Å²) in [6, 6.07) is 8.34. The van der Waals surface area contributed by atoms with Crippen LogP contribution in [0.3, 0.4) is 0 Å². The number of carbonyl (C=O) groups is 1. The molecule has 1 aromatic rings. The van der Waals surface area contributed by atoms with Crippen LogP contribution in [-0.4, -0.2) is 61.1 Å². The largest absolute Gasteiger partial charge is 0.491 e. The van der Waals surface area contributed by atoms with Gasteiger partial charge in [-0.2, -0.15) is 0 Å². The van der Waals surface area contributed by atoms with E-state index in [-0.39, 0.29) is 18.1 Å². The molecule has 1 fully saturated rings. The molecule has 1 aliphatic heterocycles. The van der Waals surface area contributed by atoms with Crippen molar-refractivity contribution in [3.63, 3.8) is 0 Å². The number of piperidine rings is 1. The van der Waals surface area contributed by atoms with Gasteiger partial charge in [0.1, 0.15) is 18.5 Å². The van der Waals surface area contributed by atoms with Gasteiger partial charge in [-0.25, -0.2) is 4.79 Å². The third-order valence-electron chi connectivity index (χ3n) is 4.83. The number of hydrogen-bond acceptors (Lipinski definition) is 5. The number of ether oxygens (including phenoxy) is 2. The fourth-order valence-corrected chi connectivity index (χ4v) is 3.09. The number of likely N-dealkylation sites (tertiary alicyclic amines) is 1. The summed E-state index contributed by atoms with van der Waals surface area (Å²) >= 11 is 0. The van der Waals surface area contributed by atoms with E-state index in [4.69, 9.17) is 9.47 Å². The maximum Gasteiger partial charge on any atom is 0.409 e. The number of aliphatic hydroxyl groups is 1. The van der Waals surface area contributed by atoms with Crippen molar-refractivity contribution in [3.05, 3.63) is 29.8 Å². The molecule has 1 heterocycles. The number of hydrogen-bond donors (Lipinski definition) is 2. The smallest absolute Gasteiger partial charge is 0.409 e. The lowest BCUT2D eigenvalue weighted by molar-refractivity contribution is 0.0860. The van der Waals surface area contributed by atoms with Crippen LogP contribution in [-0.2, 0) is 10.2 Å². The van der Waals surface area contributed by atoms with Gasteiger partial charge in [-0.05, 0) is 42.9 Å². The van der Waals surface area contributed by atoms with Gasteiger partial charge < -0.3 is 24.8 Å². The average Bonchev–Trinajstić information content (AvgIpc) is 2.65. The average molecular weight is 379 g/mol. The second-order valence-electron chi connectivity index (χ2n) is 8.11. The molecule has 1 aliphatic rings. The predicted octanol–water partition coefficient (Wildman–Crippen LogP) is 2.93. The third-order valence-corrected chi connectivity index (χ3v) is 4.83. The van der Waals surface area contributed by atoms with Gasteiger partial charge in [-0.1, -0.05) is 32.9 Å². The van der Waals surface area contributed by atoms with Crippen molar-refractivity contribution in [2.45, 2.75) is 58.1 Å². The first-order chi connectivity index (χ1) is 12.8. The molecule has 1 aromatic carbocycles. The lowest BCUT2D eigenvalue weighted by Gasteiger charge is -2.32. The number of carbonyl (C=O) groups excluding carboxylic acids is 1. The molecule has 0 aromatic heterocycles. The van der Waals surface area contributed by atoms with Crippen molar-refractivity contribution in [1.82, 2.24) is 10.2 Å². The van der Waals surface area contributed by atoms with Gasteiger partial charge in [0.25, 0.3) is 0 Å². The van der Waals surface area contributed by atoms with Crippen LogP contribution in [0.2, 0.25) is 0 Å². The number of rotatable bonds is 7. The summed E-state index contributed by atoms with van der Waals surface area (Å²) < 4.78 is 10.7. The Kier molecular flexibility index (Phi) is 7.92. The molecule has 0 aliphatic carbocycles. The normalized spacial score (nSPS) is 16.9. The minimum absolute atomic E-state index is 0.116. The Balaban J connectivity index is 1.65. The predicted molar refractivity (Wildman–Crippen MR) is 106 cm³/mol. The van der Waals surface area contributed by atoms with Crippen LogP contribution in [0.4, 0.5) is 4.79 Å². The van der Waals surface area contributed by atoms with Crippen molar-refractivity contribution in [3.8, 4) is 5.75 Å². The molecule has 0 spiro atoms. The second kappa shape index (κ2) is 9.95. The molecular weight excluding hydrogens is 344 g/mol. The highest BCUT2D eigenvalue weighted by atomic mass is 16.6. The van der Waals surface area contributed by atoms with Crippen LogP contribution >= 0.6 is 0 Å². The summed E-state index contributed by atoms with van der Waals surface area (Å²) in [6.45, 7) is 10.8. The molecule has 152 valence electrons. The Labute approximate surface area is 162 Å². The Morgan fingerprint density at radius 1 is 1.26 bits per heavy atom. The van der Waals surface area contributed by atoms with E-state index in [1.807, 2.05) is 19.1 Å². The fraction of sp³-hybridized carbons (Fsp3) is 0.667. The van der Waals surface area contributed by atoms with Gasteiger partial charge in [0.2, 0.25) is 0 Å². The molecule has 0 saturated carbocycles. The number of benzene rings is 1. The van der Waals surface area contributed by atoms with E-state index in [0.29, 0.717) is 32.3 Å². The third kappa shape index (κ3) is 7.03. The van der Waals surface area contributed by atoms with Crippen LogP contribution in [0.5, 0.6) is 5.75 Å². The quantitative estimate of drug-likeness (QED) is 0.763. The van der Waals surface area contributed by atoms with Gasteiger partial charge in [-0.3, -0.25) is 0 Å². The molecule has 1 saturated heterocycles. The van der Waals surface area contributed by atoms with Crippen LogP contribution in [0, 0.1) is 0 Å². The molecule has 27 heavy (non-hydrogen) atoms. The standard InChI is InChI=1S/C21H34N2O4/c1-5-26-20(25)23-12-10-17(11-13-23)22-14-18(24)15-27-19-8-6-16(7-9-19)21(2,3)4/h6-9,17-18,22,24H,5,10-15H2,1-4H3. The van der Waals surface area contributed by atoms with Crippen molar-refractivity contribution in [2.24, 2.45) is 0 Å². The van der Waals surface area contributed by atoms with Crippen LogP contribution in [0.15, 0.2) is 24.3 Å². The highest BCUT2D eigenvalue weighted by molar-refractivity contribution is 5.67. The van der Waals surface area contributed by atoms with Gasteiger partial charge in [0.15, 0.2) is 0 Å². The minimum atomic E-state index is -0.574. The molecule has 1 amide bonds. The minimum Gasteiger partial charge on any atom is -0.491 e. The molecule has 6 nitrogen and oxygen atoms in total. The van der Waals surface area contributed by atoms with Crippen molar-refractivity contribution in [2.75, 3.05) is 32.8 Å². The van der Waals surface area contributed by atoms with E-state index in [0.717, 1.165) is 18.6 Å². The van der Waals surface area contributed by atoms with Crippen LogP contribution in [0.25, 0.3) is 0 Å². The summed E-state index contributed by atoms with van der Waals surface area (Å²) in [4.78, 5) is 13.4. The Bertz CT molecular complexity index is 575. The zero-order valence-corrected chi connectivity index (χ0v) is 17.0. The maximum atomic E-state index is 11.7. The first-order valence-corrected chi connectivity index (χ1v) is 9.86. The SMILES string of the molecule is CCOC(=O)N1CCC(NCC(O)COc2ccc(C(C)(C)C)cc2)CC1. The lowest BCUT2D eigenvalue weighted by Crippen LogP contribution is -2.47. The van der Waals surface area contributed by atoms with Gasteiger partial charge >= 0.3 is 6.09 Å². The van der Waals surface area contributed by atoms with Crippen LogP contribution in [0.1, 0.15) is 46.1 Å². The summed E-state index contributed by atoms with van der Waals surface area (Å²) in [7, 11) is 0. The Hall–Kier alpha value is -1.79. The molecule has 1 atom stereocenters. The maximum absolute atomic E-state index is 11.7. The van der Waals surface area contributed by atoms with Gasteiger partial charge in [0.05, 0.1) is 6.61 Å². The lowest BCUT2D eigenvalue weighted by atomic mass is 9.87. The monoisotopic (exact) mass is 378 g/mol. The number of amides is 1. The fourth-order valence-electron chi connectivity index (χ4n) is 3.09. The molecule has 0 radical (unpaired) electrons. The first kappa shape index (κ1) is 21.5. The number of nitrogens with zero attached hydrogens (tertiary/aromatic N) is 1. The Morgan fingerprint density at radius 2 is 1.89 bits per heavy atom. The number of aliphatic hydroxyl groups excluding tert-OH is 1. The molecule has 0 bridgehead atoms. The second-order valence-corrected chi connectivity index (χ2v) is 8.11. The van der Waals surface area contributed by atoms with Crippen LogP contribution < -0.4 is 10.1 Å². The first-order valence-electron chi connectivity index (χ1n) is 9.86. The topological polar surface area (TPSA) is 71.0 Å². The van der Waals surface area contributed by atoms with Gasteiger partial charge in [0, 0.05) is 25.7 Å². The van der Waals surface area contributed by atoms with Gasteiger partial charge in [-0.15, -0.1) is 0 Å². The van der Waals surface area contributed by atoms with E-state index in [1.165, 1.54) is 5.56 Å². The number of nitrogens with one attached hydrogen (secondary N) is 1.